The Bertz CT molecular complexity index is 444. The fourth-order valence-electron chi connectivity index (χ4n) is 1.36. The number of rotatable bonds is 1. The van der Waals surface area contributed by atoms with Gasteiger partial charge in [-0.05, 0) is 23.6 Å². The van der Waals surface area contributed by atoms with E-state index in [1.165, 1.54) is 0 Å². The lowest BCUT2D eigenvalue weighted by atomic mass is 9.95. The van der Waals surface area contributed by atoms with E-state index < -0.39 is 11.7 Å². The molecular weight excluding hydrogens is 239 g/mol. The van der Waals surface area contributed by atoms with Crippen LogP contribution in [-0.4, -0.2) is 0 Å². The molecule has 1 aromatic carbocycles. The summed E-state index contributed by atoms with van der Waals surface area (Å²) < 4.78 is 37.5. The molecule has 1 rings (SSSR count). The average molecular weight is 248 g/mol. The Morgan fingerprint density at radius 1 is 1.31 bits per heavy atom. The van der Waals surface area contributed by atoms with Crippen molar-refractivity contribution >= 4 is 11.6 Å². The molecule has 0 saturated heterocycles. The summed E-state index contributed by atoms with van der Waals surface area (Å²) in [4.78, 5) is 0. The predicted molar refractivity (Wildman–Crippen MR) is 55.3 cm³/mol. The SMILES string of the molecule is CC(C)c1cc(C(F)(F)F)cc(Cl)c1C#N. The van der Waals surface area contributed by atoms with Crippen LogP contribution < -0.4 is 0 Å². The van der Waals surface area contributed by atoms with Gasteiger partial charge >= 0.3 is 6.18 Å². The van der Waals surface area contributed by atoms with Crippen molar-refractivity contribution in [1.29, 1.82) is 5.26 Å². The van der Waals surface area contributed by atoms with Gasteiger partial charge in [0.2, 0.25) is 0 Å². The highest BCUT2D eigenvalue weighted by molar-refractivity contribution is 6.31. The predicted octanol–water partition coefficient (Wildman–Crippen LogP) is 4.35. The molecule has 16 heavy (non-hydrogen) atoms. The molecule has 1 nitrogen and oxygen atoms in total. The molecule has 0 spiro atoms. The van der Waals surface area contributed by atoms with Crippen molar-refractivity contribution in [2.75, 3.05) is 0 Å². The van der Waals surface area contributed by atoms with Gasteiger partial charge in [0.1, 0.15) is 6.07 Å². The third-order valence-electron chi connectivity index (χ3n) is 2.18. The summed E-state index contributed by atoms with van der Waals surface area (Å²) in [5.41, 5.74) is -0.382. The number of alkyl halides is 3. The first-order valence-electron chi connectivity index (χ1n) is 4.58. The molecule has 5 heteroatoms. The molecular formula is C11H9ClF3N. The van der Waals surface area contributed by atoms with Gasteiger partial charge in [0.25, 0.3) is 0 Å². The summed E-state index contributed by atoms with van der Waals surface area (Å²) in [6, 6.07) is 3.59. The van der Waals surface area contributed by atoms with Gasteiger partial charge in [0, 0.05) is 0 Å². The van der Waals surface area contributed by atoms with E-state index in [4.69, 9.17) is 16.9 Å². The highest BCUT2D eigenvalue weighted by Gasteiger charge is 2.32. The zero-order chi connectivity index (χ0) is 12.5. The smallest absolute Gasteiger partial charge is 0.192 e. The fraction of sp³-hybridized carbons (Fsp3) is 0.364. The molecule has 1 aromatic rings. The van der Waals surface area contributed by atoms with Gasteiger partial charge in [-0.1, -0.05) is 25.4 Å². The van der Waals surface area contributed by atoms with Gasteiger partial charge in [-0.3, -0.25) is 0 Å². The molecule has 0 aliphatic heterocycles. The maximum atomic E-state index is 12.5. The Labute approximate surface area is 96.4 Å². The van der Waals surface area contributed by atoms with Crippen LogP contribution in [0.4, 0.5) is 13.2 Å². The van der Waals surface area contributed by atoms with Crippen LogP contribution in [0.2, 0.25) is 5.02 Å². The molecule has 0 bridgehead atoms. The molecule has 0 amide bonds. The first kappa shape index (κ1) is 12.9. The largest absolute Gasteiger partial charge is 0.416 e. The van der Waals surface area contributed by atoms with Crippen molar-refractivity contribution in [3.8, 4) is 6.07 Å². The van der Waals surface area contributed by atoms with E-state index in [0.717, 1.165) is 12.1 Å². The summed E-state index contributed by atoms with van der Waals surface area (Å²) in [6.07, 6.45) is -4.44. The summed E-state index contributed by atoms with van der Waals surface area (Å²) in [5, 5.41) is 8.67. The van der Waals surface area contributed by atoms with Gasteiger partial charge in [-0.15, -0.1) is 0 Å². The number of hydrogen-bond donors (Lipinski definition) is 0. The van der Waals surface area contributed by atoms with E-state index in [1.54, 1.807) is 13.8 Å². The molecule has 0 fully saturated rings. The first-order chi connectivity index (χ1) is 7.27. The van der Waals surface area contributed by atoms with Crippen molar-refractivity contribution in [3.05, 3.63) is 33.8 Å². The van der Waals surface area contributed by atoms with Crippen molar-refractivity contribution in [1.82, 2.24) is 0 Å². The molecule has 0 saturated carbocycles. The molecule has 0 aliphatic rings. The van der Waals surface area contributed by atoms with Crippen LogP contribution in [-0.2, 0) is 6.18 Å². The highest BCUT2D eigenvalue weighted by Crippen LogP contribution is 2.35. The zero-order valence-corrected chi connectivity index (χ0v) is 9.45. The minimum absolute atomic E-state index is 0.115. The minimum atomic E-state index is -4.44. The maximum Gasteiger partial charge on any atom is 0.416 e. The Morgan fingerprint density at radius 3 is 2.25 bits per heavy atom. The molecule has 0 N–H and O–H groups in total. The summed E-state index contributed by atoms with van der Waals surface area (Å²) in [5.74, 6) is -0.186. The van der Waals surface area contributed by atoms with E-state index in [1.807, 2.05) is 6.07 Å². The molecule has 86 valence electrons. The second-order valence-corrected chi connectivity index (χ2v) is 4.09. The Morgan fingerprint density at radius 2 is 1.88 bits per heavy atom. The van der Waals surface area contributed by atoms with Crippen LogP contribution in [0.25, 0.3) is 0 Å². The van der Waals surface area contributed by atoms with Crippen LogP contribution >= 0.6 is 11.6 Å². The fourth-order valence-corrected chi connectivity index (χ4v) is 1.63. The van der Waals surface area contributed by atoms with Crippen molar-refractivity contribution in [2.45, 2.75) is 25.9 Å². The van der Waals surface area contributed by atoms with Crippen molar-refractivity contribution in [3.63, 3.8) is 0 Å². The van der Waals surface area contributed by atoms with E-state index in [-0.39, 0.29) is 16.5 Å². The zero-order valence-electron chi connectivity index (χ0n) is 8.69. The Balaban J connectivity index is 3.48. The van der Waals surface area contributed by atoms with Gasteiger partial charge in [-0.25, -0.2) is 0 Å². The lowest BCUT2D eigenvalue weighted by molar-refractivity contribution is -0.137. The molecule has 0 radical (unpaired) electrons. The van der Waals surface area contributed by atoms with Crippen LogP contribution in [0.3, 0.4) is 0 Å². The molecule has 0 unspecified atom stereocenters. The third kappa shape index (κ3) is 2.48. The van der Waals surface area contributed by atoms with E-state index >= 15 is 0 Å². The normalized spacial score (nSPS) is 11.6. The lowest BCUT2D eigenvalue weighted by Gasteiger charge is -2.14. The van der Waals surface area contributed by atoms with Gasteiger partial charge < -0.3 is 0 Å². The van der Waals surface area contributed by atoms with Crippen LogP contribution in [0.5, 0.6) is 0 Å². The van der Waals surface area contributed by atoms with Crippen LogP contribution in [0.15, 0.2) is 12.1 Å². The number of nitriles is 1. The highest BCUT2D eigenvalue weighted by atomic mass is 35.5. The van der Waals surface area contributed by atoms with Crippen LogP contribution in [0, 0.1) is 11.3 Å². The van der Waals surface area contributed by atoms with Gasteiger partial charge in [0.05, 0.1) is 16.1 Å². The summed E-state index contributed by atoms with van der Waals surface area (Å²) in [6.45, 7) is 3.43. The summed E-state index contributed by atoms with van der Waals surface area (Å²) >= 11 is 5.66. The number of hydrogen-bond acceptors (Lipinski definition) is 1. The Hall–Kier alpha value is -1.21. The van der Waals surface area contributed by atoms with E-state index in [9.17, 15) is 13.2 Å². The van der Waals surface area contributed by atoms with Crippen molar-refractivity contribution < 1.29 is 13.2 Å². The van der Waals surface area contributed by atoms with Crippen molar-refractivity contribution in [2.24, 2.45) is 0 Å². The second-order valence-electron chi connectivity index (χ2n) is 3.69. The third-order valence-corrected chi connectivity index (χ3v) is 2.48. The summed E-state index contributed by atoms with van der Waals surface area (Å²) in [7, 11) is 0. The molecule has 0 aliphatic carbocycles. The lowest BCUT2D eigenvalue weighted by Crippen LogP contribution is -2.07. The second kappa shape index (κ2) is 4.34. The molecule has 0 atom stereocenters. The quantitative estimate of drug-likeness (QED) is 0.724. The number of benzene rings is 1. The Kier molecular flexibility index (Phi) is 3.49. The topological polar surface area (TPSA) is 23.8 Å². The molecule has 0 heterocycles. The van der Waals surface area contributed by atoms with Crippen LogP contribution in [0.1, 0.15) is 36.5 Å². The standard InChI is InChI=1S/C11H9ClF3N/c1-6(2)8-3-7(11(13,14)15)4-10(12)9(8)5-16/h3-4,6H,1-2H3. The monoisotopic (exact) mass is 247 g/mol. The maximum absolute atomic E-state index is 12.5. The average Bonchev–Trinajstić information content (AvgIpc) is 2.14. The van der Waals surface area contributed by atoms with Gasteiger partial charge in [0.15, 0.2) is 0 Å². The first-order valence-corrected chi connectivity index (χ1v) is 4.96. The minimum Gasteiger partial charge on any atom is -0.192 e. The molecule has 0 aromatic heterocycles. The number of nitrogens with zero attached hydrogens (tertiary/aromatic N) is 1. The van der Waals surface area contributed by atoms with E-state index in [2.05, 4.69) is 0 Å². The van der Waals surface area contributed by atoms with E-state index in [0.29, 0.717) is 5.56 Å². The van der Waals surface area contributed by atoms with Gasteiger partial charge in [-0.2, -0.15) is 18.4 Å². The number of halogens is 4.